The van der Waals surface area contributed by atoms with E-state index >= 15 is 0 Å². The molecule has 0 unspecified atom stereocenters. The van der Waals surface area contributed by atoms with Gasteiger partial charge >= 0.3 is 11.7 Å². The molecule has 132 valence electrons. The van der Waals surface area contributed by atoms with E-state index in [1.54, 1.807) is 41.6 Å². The summed E-state index contributed by atoms with van der Waals surface area (Å²) in [5.41, 5.74) is 1.22. The van der Waals surface area contributed by atoms with E-state index in [1.807, 2.05) is 37.3 Å². The molecule has 2 aromatic heterocycles. The lowest BCUT2D eigenvalue weighted by molar-refractivity contribution is 0.212. The predicted octanol–water partition coefficient (Wildman–Crippen LogP) is 3.76. The number of hydrogen-bond acceptors (Lipinski definition) is 4. The second-order valence-electron chi connectivity index (χ2n) is 5.67. The van der Waals surface area contributed by atoms with Gasteiger partial charge in [0.1, 0.15) is 11.4 Å². The Balaban J connectivity index is 1.73. The SMILES string of the molecule is CCN(Cc1ccccc1)C(=O)Nc1ccc(-c2cccnc2)oc1=O. The highest BCUT2D eigenvalue weighted by atomic mass is 16.4. The van der Waals surface area contributed by atoms with E-state index in [0.717, 1.165) is 5.56 Å². The standard InChI is InChI=1S/C20H19N3O3/c1-2-23(14-15-7-4-3-5-8-15)20(25)22-17-10-11-18(26-19(17)24)16-9-6-12-21-13-16/h3-13H,2,14H2,1H3,(H,22,25). The van der Waals surface area contributed by atoms with E-state index < -0.39 is 5.63 Å². The highest BCUT2D eigenvalue weighted by Gasteiger charge is 2.15. The molecule has 3 rings (SSSR count). The van der Waals surface area contributed by atoms with Crippen LogP contribution >= 0.6 is 0 Å². The number of benzene rings is 1. The minimum absolute atomic E-state index is 0.106. The van der Waals surface area contributed by atoms with Crippen molar-refractivity contribution < 1.29 is 9.21 Å². The third-order valence-electron chi connectivity index (χ3n) is 3.90. The fraction of sp³-hybridized carbons (Fsp3) is 0.150. The van der Waals surface area contributed by atoms with Crippen LogP contribution in [0, 0.1) is 0 Å². The summed E-state index contributed by atoms with van der Waals surface area (Å²) in [7, 11) is 0. The number of urea groups is 1. The minimum Gasteiger partial charge on any atom is -0.421 e. The summed E-state index contributed by atoms with van der Waals surface area (Å²) in [4.78, 5) is 30.3. The maximum Gasteiger partial charge on any atom is 0.360 e. The molecule has 2 heterocycles. The summed E-state index contributed by atoms with van der Waals surface area (Å²) in [5.74, 6) is 0.401. The smallest absolute Gasteiger partial charge is 0.360 e. The van der Waals surface area contributed by atoms with Crippen molar-refractivity contribution in [1.82, 2.24) is 9.88 Å². The average Bonchev–Trinajstić information content (AvgIpc) is 2.69. The van der Waals surface area contributed by atoms with Gasteiger partial charge in [-0.15, -0.1) is 0 Å². The number of anilines is 1. The van der Waals surface area contributed by atoms with Crippen molar-refractivity contribution in [2.24, 2.45) is 0 Å². The lowest BCUT2D eigenvalue weighted by Gasteiger charge is -2.21. The van der Waals surface area contributed by atoms with E-state index in [9.17, 15) is 9.59 Å². The van der Waals surface area contributed by atoms with Crippen LogP contribution in [-0.2, 0) is 6.54 Å². The van der Waals surface area contributed by atoms with Crippen LogP contribution in [-0.4, -0.2) is 22.5 Å². The first-order valence-electron chi connectivity index (χ1n) is 8.32. The zero-order valence-corrected chi connectivity index (χ0v) is 14.4. The van der Waals surface area contributed by atoms with Crippen LogP contribution in [0.4, 0.5) is 10.5 Å². The molecule has 0 bridgehead atoms. The molecule has 2 amide bonds. The Morgan fingerprint density at radius 3 is 2.58 bits per heavy atom. The Labute approximate surface area is 151 Å². The summed E-state index contributed by atoms with van der Waals surface area (Å²) < 4.78 is 5.30. The van der Waals surface area contributed by atoms with Gasteiger partial charge < -0.3 is 14.6 Å². The molecule has 0 aliphatic rings. The second-order valence-corrected chi connectivity index (χ2v) is 5.67. The van der Waals surface area contributed by atoms with Crippen LogP contribution in [0.2, 0.25) is 0 Å². The van der Waals surface area contributed by atoms with E-state index in [4.69, 9.17) is 4.42 Å². The van der Waals surface area contributed by atoms with Crippen molar-refractivity contribution in [2.75, 3.05) is 11.9 Å². The number of amides is 2. The molecule has 1 aromatic carbocycles. The van der Waals surface area contributed by atoms with E-state index in [-0.39, 0.29) is 11.7 Å². The highest BCUT2D eigenvalue weighted by Crippen LogP contribution is 2.17. The molecule has 0 aliphatic heterocycles. The third kappa shape index (κ3) is 4.16. The highest BCUT2D eigenvalue weighted by molar-refractivity contribution is 5.89. The molecule has 3 aromatic rings. The van der Waals surface area contributed by atoms with Gasteiger partial charge in [-0.3, -0.25) is 4.98 Å². The van der Waals surface area contributed by atoms with Crippen LogP contribution in [0.3, 0.4) is 0 Å². The largest absolute Gasteiger partial charge is 0.421 e. The number of aromatic nitrogens is 1. The number of carbonyl (C=O) groups is 1. The van der Waals surface area contributed by atoms with E-state index in [0.29, 0.717) is 24.4 Å². The van der Waals surface area contributed by atoms with Gasteiger partial charge in [-0.2, -0.15) is 0 Å². The third-order valence-corrected chi connectivity index (χ3v) is 3.90. The fourth-order valence-electron chi connectivity index (χ4n) is 2.50. The molecular weight excluding hydrogens is 330 g/mol. The van der Waals surface area contributed by atoms with Crippen LogP contribution in [0.25, 0.3) is 11.3 Å². The van der Waals surface area contributed by atoms with Gasteiger partial charge in [0.25, 0.3) is 0 Å². The van der Waals surface area contributed by atoms with Gasteiger partial charge in [-0.25, -0.2) is 9.59 Å². The lowest BCUT2D eigenvalue weighted by Crippen LogP contribution is -2.35. The van der Waals surface area contributed by atoms with Crippen LogP contribution in [0.1, 0.15) is 12.5 Å². The summed E-state index contributed by atoms with van der Waals surface area (Å²) in [6.45, 7) is 2.86. The summed E-state index contributed by atoms with van der Waals surface area (Å²) in [6.07, 6.45) is 3.25. The van der Waals surface area contributed by atoms with E-state index in [1.165, 1.54) is 0 Å². The molecule has 0 fully saturated rings. The van der Waals surface area contributed by atoms with Crippen molar-refractivity contribution in [3.63, 3.8) is 0 Å². The number of nitrogens with one attached hydrogen (secondary N) is 1. The van der Waals surface area contributed by atoms with Crippen LogP contribution in [0.5, 0.6) is 0 Å². The normalized spacial score (nSPS) is 10.3. The molecule has 0 aliphatic carbocycles. The Kier molecular flexibility index (Phi) is 5.43. The Hall–Kier alpha value is -3.41. The van der Waals surface area contributed by atoms with Gasteiger partial charge in [-0.1, -0.05) is 30.3 Å². The Morgan fingerprint density at radius 1 is 1.12 bits per heavy atom. The predicted molar refractivity (Wildman–Crippen MR) is 99.8 cm³/mol. The lowest BCUT2D eigenvalue weighted by atomic mass is 10.2. The Bertz CT molecular complexity index is 924. The van der Waals surface area contributed by atoms with Gasteiger partial charge in [0.05, 0.1) is 0 Å². The van der Waals surface area contributed by atoms with E-state index in [2.05, 4.69) is 10.3 Å². The molecule has 0 spiro atoms. The molecule has 0 saturated heterocycles. The summed E-state index contributed by atoms with van der Waals surface area (Å²) in [6, 6.07) is 16.1. The molecular formula is C20H19N3O3. The first kappa shape index (κ1) is 17.4. The number of hydrogen-bond donors (Lipinski definition) is 1. The van der Waals surface area contributed by atoms with Crippen molar-refractivity contribution in [2.45, 2.75) is 13.5 Å². The van der Waals surface area contributed by atoms with Crippen molar-refractivity contribution in [3.8, 4) is 11.3 Å². The molecule has 0 saturated carbocycles. The Morgan fingerprint density at radius 2 is 1.92 bits per heavy atom. The quantitative estimate of drug-likeness (QED) is 0.761. The minimum atomic E-state index is -0.601. The molecule has 6 nitrogen and oxygen atoms in total. The van der Waals surface area contributed by atoms with Crippen molar-refractivity contribution in [3.05, 3.63) is 83.0 Å². The van der Waals surface area contributed by atoms with Gasteiger partial charge in [-0.05, 0) is 36.8 Å². The molecule has 6 heteroatoms. The first-order chi connectivity index (χ1) is 12.7. The van der Waals surface area contributed by atoms with Gasteiger partial charge in [0, 0.05) is 31.0 Å². The second kappa shape index (κ2) is 8.11. The maximum atomic E-state index is 12.5. The maximum absolute atomic E-state index is 12.5. The molecule has 1 N–H and O–H groups in total. The first-order valence-corrected chi connectivity index (χ1v) is 8.32. The van der Waals surface area contributed by atoms with Gasteiger partial charge in [0.15, 0.2) is 0 Å². The molecule has 26 heavy (non-hydrogen) atoms. The number of pyridine rings is 1. The number of rotatable bonds is 5. The zero-order chi connectivity index (χ0) is 18.4. The molecule has 0 atom stereocenters. The van der Waals surface area contributed by atoms with Crippen LogP contribution in [0.15, 0.2) is 76.2 Å². The number of nitrogens with zero attached hydrogens (tertiary/aromatic N) is 2. The van der Waals surface area contributed by atoms with Gasteiger partial charge in [0.2, 0.25) is 0 Å². The van der Waals surface area contributed by atoms with Crippen LogP contribution < -0.4 is 10.9 Å². The zero-order valence-electron chi connectivity index (χ0n) is 14.4. The average molecular weight is 349 g/mol. The summed E-state index contributed by atoms with van der Waals surface area (Å²) >= 11 is 0. The summed E-state index contributed by atoms with van der Waals surface area (Å²) in [5, 5.41) is 2.63. The van der Waals surface area contributed by atoms with Crippen molar-refractivity contribution in [1.29, 1.82) is 0 Å². The number of carbonyl (C=O) groups excluding carboxylic acids is 1. The monoisotopic (exact) mass is 349 g/mol. The van der Waals surface area contributed by atoms with Crippen molar-refractivity contribution >= 4 is 11.7 Å². The topological polar surface area (TPSA) is 75.4 Å². The fourth-order valence-corrected chi connectivity index (χ4v) is 2.50. The molecule has 0 radical (unpaired) electrons.